The molecule has 1 aromatic heterocycles. The third-order valence-electron chi connectivity index (χ3n) is 7.08. The SMILES string of the molecule is Cc1ccc(On2p(Oc3ccc(C)c(Oc4ccccc4)c3Oc3ccccc3)npn(Oc3ccccc3)p2Oc2ccccc2)cc1. The molecule has 2 unspecified atom stereocenters. The average Bonchev–Trinajstić information content (AvgIpc) is 3.15. The Morgan fingerprint density at radius 3 is 1.62 bits per heavy atom. The molecule has 0 aliphatic heterocycles. The van der Waals surface area contributed by atoms with E-state index in [4.69, 9.17) is 32.7 Å². The second-order valence-corrected chi connectivity index (χ2v) is 15.2. The molecule has 6 aromatic carbocycles. The van der Waals surface area contributed by atoms with Crippen molar-refractivity contribution in [3.63, 3.8) is 0 Å². The van der Waals surface area contributed by atoms with Crippen LogP contribution in [0.25, 0.3) is 0 Å². The molecule has 0 spiro atoms. The highest BCUT2D eigenvalue weighted by atomic mass is 31.2. The topological polar surface area (TPSA) is 78.1 Å². The maximum atomic E-state index is 6.81. The van der Waals surface area contributed by atoms with Crippen LogP contribution in [0.2, 0.25) is 0 Å². The van der Waals surface area contributed by atoms with Crippen LogP contribution in [0.3, 0.4) is 0 Å². The Balaban J connectivity index is 1.38. The van der Waals surface area contributed by atoms with Gasteiger partial charge in [-0.2, -0.15) is 0 Å². The number of hydrogen-bond acceptors (Lipinski definition) is 7. The van der Waals surface area contributed by atoms with Crippen LogP contribution >= 0.6 is 24.7 Å². The van der Waals surface area contributed by atoms with Gasteiger partial charge in [-0.3, -0.25) is 0 Å². The van der Waals surface area contributed by atoms with Crippen LogP contribution in [-0.4, -0.2) is 13.0 Å². The van der Waals surface area contributed by atoms with Gasteiger partial charge in [-0.25, -0.2) is 0 Å². The van der Waals surface area contributed by atoms with E-state index >= 15 is 0 Å². The molecule has 1 heterocycles. The van der Waals surface area contributed by atoms with Gasteiger partial charge in [-0.15, -0.1) is 4.51 Å². The van der Waals surface area contributed by atoms with E-state index < -0.39 is 16.2 Å². The summed E-state index contributed by atoms with van der Waals surface area (Å²) in [5, 5.41) is 0. The Hall–Kier alpha value is -5.58. The number of benzene rings is 6. The van der Waals surface area contributed by atoms with Crippen molar-refractivity contribution in [2.24, 2.45) is 0 Å². The standard InChI is InChI=1S/C38H32N3O6P3/c1-29-23-26-34(27-24-29)45-41-49(39-48-40(44-33-19-11-5-12-20-33)50(41)46-35-21-13-6-14-22-35)47-36-28-25-30(2)37(42-31-15-7-3-8-16-31)38(36)43-32-17-9-4-10-18-32/h3-28H,1-2H3. The van der Waals surface area contributed by atoms with E-state index in [0.717, 1.165) is 11.1 Å². The molecule has 7 rings (SSSR count). The lowest BCUT2D eigenvalue weighted by Gasteiger charge is -2.22. The first-order chi connectivity index (χ1) is 24.6. The summed E-state index contributed by atoms with van der Waals surface area (Å²) in [5.74, 6) is 4.47. The summed E-state index contributed by atoms with van der Waals surface area (Å²) in [6.07, 6.45) is 0. The minimum Gasteiger partial charge on any atom is -0.453 e. The molecule has 0 aliphatic rings. The van der Waals surface area contributed by atoms with Crippen LogP contribution in [-0.2, 0) is 0 Å². The first kappa shape index (κ1) is 32.9. The lowest BCUT2D eigenvalue weighted by Crippen LogP contribution is -2.14. The number of aryl methyl sites for hydroxylation is 2. The fourth-order valence-corrected chi connectivity index (χ4v) is 9.55. The van der Waals surface area contributed by atoms with Crippen molar-refractivity contribution in [1.82, 2.24) is 13.0 Å². The smallest absolute Gasteiger partial charge is 0.319 e. The Morgan fingerprint density at radius 1 is 0.500 bits per heavy atom. The predicted octanol–water partition coefficient (Wildman–Crippen LogP) is 11.9. The lowest BCUT2D eigenvalue weighted by molar-refractivity contribution is 0.232. The fourth-order valence-electron chi connectivity index (χ4n) is 4.60. The van der Waals surface area contributed by atoms with Crippen molar-refractivity contribution < 1.29 is 28.2 Å². The van der Waals surface area contributed by atoms with Crippen LogP contribution in [0, 0.1) is 13.8 Å². The molecular formula is C38H32N3O6P3. The second kappa shape index (κ2) is 15.8. The number of rotatable bonds is 12. The quantitative estimate of drug-likeness (QED) is 0.124. The largest absolute Gasteiger partial charge is 0.453 e. The maximum Gasteiger partial charge on any atom is 0.319 e. The average molecular weight is 720 g/mol. The molecule has 0 saturated heterocycles. The summed E-state index contributed by atoms with van der Waals surface area (Å²) in [6.45, 7) is 3.99. The number of nitrogens with zero attached hydrogens (tertiary/aromatic N) is 3. The van der Waals surface area contributed by atoms with Gasteiger partial charge in [0.05, 0.1) is 0 Å². The Morgan fingerprint density at radius 2 is 1.02 bits per heavy atom. The van der Waals surface area contributed by atoms with Crippen molar-refractivity contribution in [2.45, 2.75) is 13.8 Å². The number of para-hydroxylation sites is 4. The van der Waals surface area contributed by atoms with Gasteiger partial charge in [0.15, 0.2) is 31.5 Å². The summed E-state index contributed by atoms with van der Waals surface area (Å²) in [4.78, 5) is 13.0. The fraction of sp³-hybridized carbons (Fsp3) is 0.0526. The van der Waals surface area contributed by atoms with Gasteiger partial charge in [-0.05, 0) is 90.4 Å². The highest BCUT2D eigenvalue weighted by Gasteiger charge is 2.24. The van der Waals surface area contributed by atoms with Gasteiger partial charge in [-0.1, -0.05) is 101 Å². The molecule has 2 atom stereocenters. The van der Waals surface area contributed by atoms with Gasteiger partial charge in [0, 0.05) is 0 Å². The summed E-state index contributed by atoms with van der Waals surface area (Å²) in [6, 6.07) is 49.7. The molecule has 0 aliphatic carbocycles. The van der Waals surface area contributed by atoms with Crippen molar-refractivity contribution >= 4 is 24.7 Å². The molecule has 0 N–H and O–H groups in total. The van der Waals surface area contributed by atoms with Gasteiger partial charge in [0.1, 0.15) is 17.2 Å². The molecule has 0 amide bonds. The van der Waals surface area contributed by atoms with E-state index in [1.165, 1.54) is 0 Å². The molecule has 9 nitrogen and oxygen atoms in total. The molecule has 250 valence electrons. The van der Waals surface area contributed by atoms with Gasteiger partial charge in [0.25, 0.3) is 0 Å². The first-order valence-corrected chi connectivity index (χ1v) is 18.8. The first-order valence-electron chi connectivity index (χ1n) is 15.7. The van der Waals surface area contributed by atoms with E-state index in [1.807, 2.05) is 172 Å². The third kappa shape index (κ3) is 8.16. The number of ether oxygens (including phenoxy) is 2. The van der Waals surface area contributed by atoms with E-state index in [2.05, 4.69) is 0 Å². The maximum absolute atomic E-state index is 6.81. The monoisotopic (exact) mass is 719 g/mol. The van der Waals surface area contributed by atoms with Crippen LogP contribution < -0.4 is 28.2 Å². The summed E-state index contributed by atoms with van der Waals surface area (Å²) in [5.41, 5.74) is 1.96. The second-order valence-electron chi connectivity index (χ2n) is 10.9. The van der Waals surface area contributed by atoms with Crippen molar-refractivity contribution in [3.05, 3.63) is 169 Å². The number of hydrogen-bond donors (Lipinski definition) is 0. The highest BCUT2D eigenvalue weighted by molar-refractivity contribution is 7.56. The predicted molar refractivity (Wildman–Crippen MR) is 198 cm³/mol. The van der Waals surface area contributed by atoms with Crippen LogP contribution in [0.15, 0.2) is 158 Å². The van der Waals surface area contributed by atoms with Crippen LogP contribution in [0.5, 0.6) is 46.0 Å². The minimum atomic E-state index is -1.88. The zero-order chi connectivity index (χ0) is 34.1. The lowest BCUT2D eigenvalue weighted by atomic mass is 10.2. The Kier molecular flexibility index (Phi) is 10.4. The van der Waals surface area contributed by atoms with Gasteiger partial charge >= 0.3 is 16.2 Å². The van der Waals surface area contributed by atoms with Gasteiger partial charge < -0.3 is 28.2 Å². The Bertz CT molecular complexity index is 2180. The molecule has 0 radical (unpaired) electrons. The van der Waals surface area contributed by atoms with Crippen molar-refractivity contribution in [1.29, 1.82) is 0 Å². The summed E-state index contributed by atoms with van der Waals surface area (Å²) >= 11 is 0. The van der Waals surface area contributed by atoms with Crippen LogP contribution in [0.1, 0.15) is 11.1 Å². The summed E-state index contributed by atoms with van der Waals surface area (Å²) < 4.78 is 34.6. The van der Waals surface area contributed by atoms with E-state index in [9.17, 15) is 0 Å². The zero-order valence-electron chi connectivity index (χ0n) is 27.1. The highest BCUT2D eigenvalue weighted by Crippen LogP contribution is 2.49. The minimum absolute atomic E-state index is 0.404. The van der Waals surface area contributed by atoms with Crippen LogP contribution in [0.4, 0.5) is 0 Å². The molecular weight excluding hydrogens is 687 g/mol. The molecule has 50 heavy (non-hydrogen) atoms. The Labute approximate surface area is 293 Å². The van der Waals surface area contributed by atoms with Crippen molar-refractivity contribution in [2.75, 3.05) is 0 Å². The van der Waals surface area contributed by atoms with Gasteiger partial charge in [0.2, 0.25) is 5.75 Å². The van der Waals surface area contributed by atoms with E-state index in [-0.39, 0.29) is 0 Å². The summed E-state index contributed by atoms with van der Waals surface area (Å²) in [7, 11) is -3.25. The van der Waals surface area contributed by atoms with E-state index in [0.29, 0.717) is 54.5 Å². The molecule has 0 fully saturated rings. The third-order valence-corrected chi connectivity index (χ3v) is 11.7. The molecule has 0 bridgehead atoms. The molecule has 0 saturated carbocycles. The molecule has 12 heteroatoms. The molecule has 7 aromatic rings. The normalized spacial score (nSPS) is 11.5. The van der Waals surface area contributed by atoms with E-state index in [1.54, 1.807) is 8.51 Å². The number of aromatic nitrogens is 3. The van der Waals surface area contributed by atoms with Crippen molar-refractivity contribution in [3.8, 4) is 46.0 Å². The zero-order valence-corrected chi connectivity index (χ0v) is 29.8.